The quantitative estimate of drug-likeness (QED) is 0.915. The minimum absolute atomic E-state index is 0.800. The highest BCUT2D eigenvalue weighted by atomic mass is 79.9. The van der Waals surface area contributed by atoms with E-state index >= 15 is 0 Å². The second-order valence-corrected chi connectivity index (χ2v) is 4.71. The maximum Gasteiger partial charge on any atom is 0.180 e. The van der Waals surface area contributed by atoms with Crippen LogP contribution in [0, 0.1) is 0 Å². The lowest BCUT2D eigenvalue weighted by atomic mass is 10.5. The van der Waals surface area contributed by atoms with Gasteiger partial charge in [0, 0.05) is 31.7 Å². The van der Waals surface area contributed by atoms with Crippen LogP contribution in [0.2, 0.25) is 0 Å². The van der Waals surface area contributed by atoms with Gasteiger partial charge in [0.25, 0.3) is 0 Å². The molecular weight excluding hydrogens is 282 g/mol. The van der Waals surface area contributed by atoms with Gasteiger partial charge in [-0.05, 0) is 29.5 Å². The van der Waals surface area contributed by atoms with Crippen LogP contribution < -0.4 is 5.32 Å². The number of hydrogen-bond acceptors (Lipinski definition) is 4. The highest BCUT2D eigenvalue weighted by Gasteiger charge is 2.05. The zero-order valence-corrected chi connectivity index (χ0v) is 11.6. The molecule has 2 aromatic heterocycles. The lowest BCUT2D eigenvalue weighted by Gasteiger charge is -2.14. The van der Waals surface area contributed by atoms with Crippen molar-refractivity contribution in [1.29, 1.82) is 0 Å². The molecule has 0 saturated carbocycles. The molecule has 2 rings (SSSR count). The lowest BCUT2D eigenvalue weighted by Crippen LogP contribution is -2.25. The molecule has 6 heteroatoms. The van der Waals surface area contributed by atoms with Crippen LogP contribution in [0.4, 0.5) is 5.82 Å². The monoisotopic (exact) mass is 297 g/mol. The number of hydrogen-bond donors (Lipinski definition) is 1. The molecule has 0 unspecified atom stereocenters. The average Bonchev–Trinajstić information content (AvgIpc) is 2.76. The summed E-state index contributed by atoms with van der Waals surface area (Å²) in [5, 5.41) is 3.31. The van der Waals surface area contributed by atoms with Crippen LogP contribution in [0.3, 0.4) is 0 Å². The molecular formula is C11H16BrN5. The molecule has 0 atom stereocenters. The fourth-order valence-corrected chi connectivity index (χ4v) is 1.94. The van der Waals surface area contributed by atoms with Crippen LogP contribution in [0.25, 0.3) is 5.65 Å². The van der Waals surface area contributed by atoms with E-state index in [0.717, 1.165) is 35.7 Å². The molecule has 2 heterocycles. The van der Waals surface area contributed by atoms with Gasteiger partial charge < -0.3 is 14.6 Å². The molecule has 0 aliphatic rings. The van der Waals surface area contributed by atoms with Crippen molar-refractivity contribution in [2.45, 2.75) is 6.92 Å². The number of likely N-dealkylation sites (N-methyl/N-ethyl adjacent to an activating group) is 1. The van der Waals surface area contributed by atoms with E-state index in [1.807, 2.05) is 16.8 Å². The third-order valence-corrected chi connectivity index (χ3v) is 3.05. The van der Waals surface area contributed by atoms with Gasteiger partial charge in [-0.3, -0.25) is 0 Å². The zero-order valence-electron chi connectivity index (χ0n) is 10.0. The van der Waals surface area contributed by atoms with Gasteiger partial charge in [0.05, 0.1) is 0 Å². The van der Waals surface area contributed by atoms with Gasteiger partial charge in [-0.25, -0.2) is 9.97 Å². The van der Waals surface area contributed by atoms with E-state index < -0.39 is 0 Å². The largest absolute Gasteiger partial charge is 0.366 e. The lowest BCUT2D eigenvalue weighted by molar-refractivity contribution is 0.367. The van der Waals surface area contributed by atoms with Crippen molar-refractivity contribution in [3.05, 3.63) is 23.2 Å². The number of nitrogens with one attached hydrogen (secondary N) is 1. The Labute approximate surface area is 109 Å². The number of anilines is 1. The van der Waals surface area contributed by atoms with Gasteiger partial charge in [-0.15, -0.1) is 0 Å². The van der Waals surface area contributed by atoms with E-state index in [9.17, 15) is 0 Å². The van der Waals surface area contributed by atoms with Gasteiger partial charge in [-0.2, -0.15) is 0 Å². The second kappa shape index (κ2) is 5.46. The zero-order chi connectivity index (χ0) is 12.3. The van der Waals surface area contributed by atoms with E-state index in [2.05, 4.69) is 50.1 Å². The predicted octanol–water partition coefficient (Wildman–Crippen LogP) is 1.86. The molecule has 0 bridgehead atoms. The summed E-state index contributed by atoms with van der Waals surface area (Å²) in [5.74, 6) is 0.814. The van der Waals surface area contributed by atoms with E-state index in [0.29, 0.717) is 0 Å². The average molecular weight is 298 g/mol. The van der Waals surface area contributed by atoms with Crippen molar-refractivity contribution < 1.29 is 0 Å². The Morgan fingerprint density at radius 1 is 1.53 bits per heavy atom. The second-order valence-electron chi connectivity index (χ2n) is 3.89. The Hall–Kier alpha value is -1.14. The molecule has 1 N–H and O–H groups in total. The molecule has 0 spiro atoms. The summed E-state index contributed by atoms with van der Waals surface area (Å²) in [7, 11) is 2.10. The summed E-state index contributed by atoms with van der Waals surface area (Å²) in [6.07, 6.45) is 5.57. The van der Waals surface area contributed by atoms with Crippen LogP contribution in [0.15, 0.2) is 23.2 Å². The molecule has 0 amide bonds. The number of nitrogens with zero attached hydrogens (tertiary/aromatic N) is 4. The maximum absolute atomic E-state index is 4.40. The van der Waals surface area contributed by atoms with Crippen LogP contribution >= 0.6 is 15.9 Å². The van der Waals surface area contributed by atoms with Crippen molar-refractivity contribution in [1.82, 2.24) is 19.3 Å². The summed E-state index contributed by atoms with van der Waals surface area (Å²) < 4.78 is 2.75. The van der Waals surface area contributed by atoms with Crippen molar-refractivity contribution >= 4 is 27.4 Å². The van der Waals surface area contributed by atoms with Crippen molar-refractivity contribution in [3.8, 4) is 0 Å². The molecule has 0 saturated heterocycles. The smallest absolute Gasteiger partial charge is 0.180 e. The highest BCUT2D eigenvalue weighted by molar-refractivity contribution is 9.10. The number of halogens is 1. The molecule has 0 aromatic carbocycles. The maximum atomic E-state index is 4.40. The highest BCUT2D eigenvalue weighted by Crippen LogP contribution is 2.16. The summed E-state index contributed by atoms with van der Waals surface area (Å²) >= 11 is 3.39. The van der Waals surface area contributed by atoms with Crippen LogP contribution in [0.1, 0.15) is 6.92 Å². The molecule has 2 aromatic rings. The van der Waals surface area contributed by atoms with E-state index in [-0.39, 0.29) is 0 Å². The van der Waals surface area contributed by atoms with Gasteiger partial charge in [0.1, 0.15) is 4.60 Å². The Morgan fingerprint density at radius 3 is 3.12 bits per heavy atom. The third kappa shape index (κ3) is 2.95. The molecule has 0 radical (unpaired) electrons. The summed E-state index contributed by atoms with van der Waals surface area (Å²) in [6.45, 7) is 5.03. The number of aromatic nitrogens is 3. The molecule has 0 aliphatic heterocycles. The van der Waals surface area contributed by atoms with Gasteiger partial charge >= 0.3 is 0 Å². The van der Waals surface area contributed by atoms with Crippen molar-refractivity contribution in [3.63, 3.8) is 0 Å². The first-order chi connectivity index (χ1) is 8.20. The number of rotatable bonds is 5. The van der Waals surface area contributed by atoms with Crippen molar-refractivity contribution in [2.75, 3.05) is 32.0 Å². The Balaban J connectivity index is 2.09. The van der Waals surface area contributed by atoms with E-state index in [1.54, 1.807) is 6.20 Å². The first-order valence-electron chi connectivity index (χ1n) is 5.62. The summed E-state index contributed by atoms with van der Waals surface area (Å²) in [4.78, 5) is 10.9. The van der Waals surface area contributed by atoms with Gasteiger partial charge in [-0.1, -0.05) is 6.92 Å². The van der Waals surface area contributed by atoms with Crippen LogP contribution in [-0.4, -0.2) is 46.0 Å². The Kier molecular flexibility index (Phi) is 3.96. The first kappa shape index (κ1) is 12.3. The van der Waals surface area contributed by atoms with Gasteiger partial charge in [0.2, 0.25) is 0 Å². The summed E-state index contributed by atoms with van der Waals surface area (Å²) in [5.41, 5.74) is 0.854. The SMILES string of the molecule is CCN(C)CCNc1nc(Br)cn2ccnc12. The number of imidazole rings is 1. The van der Waals surface area contributed by atoms with E-state index in [4.69, 9.17) is 0 Å². The number of fused-ring (bicyclic) bond motifs is 1. The van der Waals surface area contributed by atoms with Gasteiger partial charge in [0.15, 0.2) is 11.5 Å². The molecule has 92 valence electrons. The minimum atomic E-state index is 0.800. The molecule has 17 heavy (non-hydrogen) atoms. The summed E-state index contributed by atoms with van der Waals surface area (Å²) in [6, 6.07) is 0. The van der Waals surface area contributed by atoms with E-state index in [1.165, 1.54) is 0 Å². The third-order valence-electron chi connectivity index (χ3n) is 2.67. The van der Waals surface area contributed by atoms with Crippen LogP contribution in [-0.2, 0) is 0 Å². The topological polar surface area (TPSA) is 45.5 Å². The minimum Gasteiger partial charge on any atom is -0.366 e. The normalized spacial score (nSPS) is 11.3. The first-order valence-corrected chi connectivity index (χ1v) is 6.41. The Morgan fingerprint density at radius 2 is 2.35 bits per heavy atom. The predicted molar refractivity (Wildman–Crippen MR) is 72.3 cm³/mol. The van der Waals surface area contributed by atoms with Crippen molar-refractivity contribution in [2.24, 2.45) is 0 Å². The standard InChI is InChI=1S/C11H16BrN5/c1-3-16(2)6-4-13-10-11-14-5-7-17(11)8-9(12)15-10/h5,7-8H,3-4,6H2,1-2H3,(H,13,15). The van der Waals surface area contributed by atoms with Crippen LogP contribution in [0.5, 0.6) is 0 Å². The molecule has 5 nitrogen and oxygen atoms in total. The molecule has 0 aliphatic carbocycles. The fourth-order valence-electron chi connectivity index (χ4n) is 1.54. The molecule has 0 fully saturated rings. The fraction of sp³-hybridized carbons (Fsp3) is 0.455. The Bertz CT molecular complexity index is 496.